The lowest BCUT2D eigenvalue weighted by Gasteiger charge is -2.49. The number of hydrogen-bond acceptors (Lipinski definition) is 2. The highest BCUT2D eigenvalue weighted by atomic mass is 79.9. The zero-order valence-corrected chi connectivity index (χ0v) is 12.6. The molecule has 1 atom stereocenters. The summed E-state index contributed by atoms with van der Waals surface area (Å²) in [7, 11) is 0. The minimum absolute atomic E-state index is 0.0574. The molecule has 1 heterocycles. The Hall–Kier alpha value is -1.01. The van der Waals surface area contributed by atoms with Gasteiger partial charge in [-0.2, -0.15) is 5.26 Å². The molecule has 0 saturated carbocycles. The molecular weight excluding hydrogens is 288 g/mol. The molecule has 0 amide bonds. The largest absolute Gasteiger partial charge is 0.366 e. The van der Waals surface area contributed by atoms with Crippen molar-refractivity contribution >= 4 is 21.6 Å². The van der Waals surface area contributed by atoms with Gasteiger partial charge in [0.1, 0.15) is 0 Å². The highest BCUT2D eigenvalue weighted by Gasteiger charge is 2.38. The van der Waals surface area contributed by atoms with Crippen LogP contribution in [0.4, 0.5) is 5.69 Å². The second kappa shape index (κ2) is 5.32. The molecular formula is C15H19BrN2. The fourth-order valence-electron chi connectivity index (χ4n) is 2.90. The Bertz CT molecular complexity index is 445. The average molecular weight is 307 g/mol. The van der Waals surface area contributed by atoms with Crippen LogP contribution in [0.3, 0.4) is 0 Å². The number of nitriles is 1. The quantitative estimate of drug-likeness (QED) is 0.812. The van der Waals surface area contributed by atoms with E-state index in [1.165, 1.54) is 12.1 Å². The van der Waals surface area contributed by atoms with Crippen LogP contribution in [0.5, 0.6) is 0 Å². The first-order chi connectivity index (χ1) is 8.55. The second-order valence-corrected chi connectivity index (χ2v) is 6.40. The normalized spacial score (nSPS) is 22.6. The highest BCUT2D eigenvalue weighted by Crippen LogP contribution is 2.38. The summed E-state index contributed by atoms with van der Waals surface area (Å²) >= 11 is 3.47. The van der Waals surface area contributed by atoms with Gasteiger partial charge in [0.05, 0.1) is 6.07 Å². The maximum atomic E-state index is 8.97. The van der Waals surface area contributed by atoms with Crippen molar-refractivity contribution < 1.29 is 0 Å². The lowest BCUT2D eigenvalue weighted by Crippen LogP contribution is -2.53. The van der Waals surface area contributed by atoms with Gasteiger partial charge in [-0.1, -0.05) is 15.9 Å². The van der Waals surface area contributed by atoms with E-state index in [1.54, 1.807) is 0 Å². The van der Waals surface area contributed by atoms with Gasteiger partial charge in [-0.3, -0.25) is 0 Å². The van der Waals surface area contributed by atoms with Crippen molar-refractivity contribution in [2.75, 3.05) is 11.4 Å². The molecule has 0 aromatic heterocycles. The molecule has 0 aliphatic carbocycles. The van der Waals surface area contributed by atoms with E-state index in [1.807, 2.05) is 0 Å². The van der Waals surface area contributed by atoms with Crippen molar-refractivity contribution in [3.63, 3.8) is 0 Å². The number of hydrogen-bond donors (Lipinski definition) is 0. The monoisotopic (exact) mass is 306 g/mol. The molecule has 2 rings (SSSR count). The third-order valence-corrected chi connectivity index (χ3v) is 4.63. The number of halogens is 1. The summed E-state index contributed by atoms with van der Waals surface area (Å²) in [5, 5.41) is 8.97. The Morgan fingerprint density at radius 2 is 2.06 bits per heavy atom. The molecule has 0 spiro atoms. The summed E-state index contributed by atoms with van der Waals surface area (Å²) < 4.78 is 1.11. The van der Waals surface area contributed by atoms with E-state index in [9.17, 15) is 0 Å². The van der Waals surface area contributed by atoms with Gasteiger partial charge in [-0.25, -0.2) is 0 Å². The summed E-state index contributed by atoms with van der Waals surface area (Å²) in [6.07, 6.45) is 2.99. The molecule has 0 bridgehead atoms. The van der Waals surface area contributed by atoms with Crippen LogP contribution in [-0.2, 0) is 0 Å². The summed E-state index contributed by atoms with van der Waals surface area (Å²) in [5.41, 5.74) is 1.31. The van der Waals surface area contributed by atoms with Gasteiger partial charge in [0, 0.05) is 28.7 Å². The molecule has 18 heavy (non-hydrogen) atoms. The Kier molecular flexibility index (Phi) is 3.97. The maximum Gasteiger partial charge on any atom is 0.0625 e. The van der Waals surface area contributed by atoms with Crippen LogP contribution in [0.15, 0.2) is 28.7 Å². The Morgan fingerprint density at radius 1 is 1.39 bits per heavy atom. The Balaban J connectivity index is 2.26. The van der Waals surface area contributed by atoms with E-state index in [-0.39, 0.29) is 5.54 Å². The van der Waals surface area contributed by atoms with E-state index in [0.29, 0.717) is 12.3 Å². The summed E-state index contributed by atoms with van der Waals surface area (Å²) in [4.78, 5) is 2.45. The predicted octanol–water partition coefficient (Wildman–Crippen LogP) is 4.36. The maximum absolute atomic E-state index is 8.97. The molecule has 0 radical (unpaired) electrons. The zero-order valence-electron chi connectivity index (χ0n) is 11.0. The van der Waals surface area contributed by atoms with Gasteiger partial charge in [-0.15, -0.1) is 0 Å². The van der Waals surface area contributed by atoms with Crippen LogP contribution in [0, 0.1) is 17.2 Å². The van der Waals surface area contributed by atoms with Crippen LogP contribution >= 0.6 is 15.9 Å². The summed E-state index contributed by atoms with van der Waals surface area (Å²) in [6.45, 7) is 5.60. The van der Waals surface area contributed by atoms with Crippen molar-refractivity contribution in [1.82, 2.24) is 0 Å². The van der Waals surface area contributed by atoms with Gasteiger partial charge in [0.25, 0.3) is 0 Å². The summed E-state index contributed by atoms with van der Waals surface area (Å²) in [6, 6.07) is 10.8. The minimum atomic E-state index is 0.0574. The molecule has 3 heteroatoms. The molecule has 96 valence electrons. The van der Waals surface area contributed by atoms with Crippen molar-refractivity contribution in [2.24, 2.45) is 5.92 Å². The van der Waals surface area contributed by atoms with Crippen molar-refractivity contribution in [1.29, 1.82) is 5.26 Å². The molecule has 1 aromatic rings. The standard InChI is InChI=1S/C15H19BrN2/c1-15(2)12(9-10-17)4-3-11-18(15)14-7-5-13(16)6-8-14/h5-8,12H,3-4,9,11H2,1-2H3. The van der Waals surface area contributed by atoms with E-state index in [0.717, 1.165) is 17.4 Å². The molecule has 2 nitrogen and oxygen atoms in total. The Labute approximate surface area is 118 Å². The first kappa shape index (κ1) is 13.4. The first-order valence-electron chi connectivity index (χ1n) is 6.46. The highest BCUT2D eigenvalue weighted by molar-refractivity contribution is 9.10. The van der Waals surface area contributed by atoms with Gasteiger partial charge in [0.15, 0.2) is 0 Å². The Morgan fingerprint density at radius 3 is 2.67 bits per heavy atom. The van der Waals surface area contributed by atoms with Gasteiger partial charge < -0.3 is 4.90 Å². The van der Waals surface area contributed by atoms with E-state index in [2.05, 4.69) is 65.0 Å². The molecule has 0 N–H and O–H groups in total. The smallest absolute Gasteiger partial charge is 0.0625 e. The number of anilines is 1. The van der Waals surface area contributed by atoms with Crippen molar-refractivity contribution in [3.05, 3.63) is 28.7 Å². The van der Waals surface area contributed by atoms with E-state index >= 15 is 0 Å². The molecule has 1 fully saturated rings. The minimum Gasteiger partial charge on any atom is -0.366 e. The van der Waals surface area contributed by atoms with Crippen LogP contribution in [-0.4, -0.2) is 12.1 Å². The second-order valence-electron chi connectivity index (χ2n) is 5.48. The number of rotatable bonds is 2. The molecule has 1 aliphatic rings. The predicted molar refractivity (Wildman–Crippen MR) is 78.5 cm³/mol. The number of benzene rings is 1. The third kappa shape index (κ3) is 2.54. The fourth-order valence-corrected chi connectivity index (χ4v) is 3.17. The molecule has 1 saturated heterocycles. The average Bonchev–Trinajstić information content (AvgIpc) is 2.33. The van der Waals surface area contributed by atoms with Crippen molar-refractivity contribution in [2.45, 2.75) is 38.6 Å². The summed E-state index contributed by atoms with van der Waals surface area (Å²) in [5.74, 6) is 0.458. The van der Waals surface area contributed by atoms with Crippen LogP contribution < -0.4 is 4.90 Å². The fraction of sp³-hybridized carbons (Fsp3) is 0.533. The van der Waals surface area contributed by atoms with Crippen LogP contribution in [0.2, 0.25) is 0 Å². The lowest BCUT2D eigenvalue weighted by molar-refractivity contribution is 0.242. The van der Waals surface area contributed by atoms with Gasteiger partial charge >= 0.3 is 0 Å². The van der Waals surface area contributed by atoms with E-state index < -0.39 is 0 Å². The number of nitrogens with zero attached hydrogens (tertiary/aromatic N) is 2. The van der Waals surface area contributed by atoms with Crippen LogP contribution in [0.25, 0.3) is 0 Å². The van der Waals surface area contributed by atoms with Crippen molar-refractivity contribution in [3.8, 4) is 6.07 Å². The third-order valence-electron chi connectivity index (χ3n) is 4.11. The topological polar surface area (TPSA) is 27.0 Å². The van der Waals surface area contributed by atoms with Crippen LogP contribution in [0.1, 0.15) is 33.1 Å². The molecule has 1 aromatic carbocycles. The van der Waals surface area contributed by atoms with Gasteiger partial charge in [0.2, 0.25) is 0 Å². The van der Waals surface area contributed by atoms with E-state index in [4.69, 9.17) is 5.26 Å². The SMILES string of the molecule is CC1(C)C(CC#N)CCCN1c1ccc(Br)cc1. The lowest BCUT2D eigenvalue weighted by atomic mass is 9.77. The zero-order chi connectivity index (χ0) is 13.2. The number of piperidine rings is 1. The molecule has 1 aliphatic heterocycles. The van der Waals surface area contributed by atoms with Gasteiger partial charge in [-0.05, 0) is 56.9 Å². The molecule has 1 unspecified atom stereocenters. The first-order valence-corrected chi connectivity index (χ1v) is 7.25.